The second-order valence-electron chi connectivity index (χ2n) is 10.3. The molecule has 0 atom stereocenters. The first-order valence-electron chi connectivity index (χ1n) is 13.7. The van der Waals surface area contributed by atoms with Crippen molar-refractivity contribution in [3.63, 3.8) is 0 Å². The fourth-order valence-corrected chi connectivity index (χ4v) is 6.17. The minimum atomic E-state index is 0.372. The van der Waals surface area contributed by atoms with Crippen LogP contribution in [0, 0.1) is 22.7 Å². The lowest BCUT2D eigenvalue weighted by atomic mass is 10.0. The van der Waals surface area contributed by atoms with Crippen molar-refractivity contribution in [1.82, 2.24) is 14.1 Å². The van der Waals surface area contributed by atoms with Gasteiger partial charge in [0.05, 0.1) is 38.9 Å². The highest BCUT2D eigenvalue weighted by molar-refractivity contribution is 6.19. The second kappa shape index (κ2) is 9.20. The van der Waals surface area contributed by atoms with Crippen molar-refractivity contribution in [3.8, 4) is 34.8 Å². The van der Waals surface area contributed by atoms with E-state index in [0.717, 1.165) is 28.0 Å². The van der Waals surface area contributed by atoms with Gasteiger partial charge in [0.25, 0.3) is 0 Å². The minimum Gasteiger partial charge on any atom is -0.309 e. The highest BCUT2D eigenvalue weighted by Gasteiger charge is 2.18. The summed E-state index contributed by atoms with van der Waals surface area (Å²) in [4.78, 5) is 4.42. The molecule has 5 aromatic carbocycles. The summed E-state index contributed by atoms with van der Waals surface area (Å²) >= 11 is 0. The third kappa shape index (κ3) is 3.45. The Morgan fingerprint density at radius 3 is 1.62 bits per heavy atom. The molecule has 0 spiro atoms. The largest absolute Gasteiger partial charge is 0.309 e. The predicted octanol–water partition coefficient (Wildman–Crippen LogP) is 8.69. The number of hydrogen-bond acceptors (Lipinski definition) is 3. The Balaban J connectivity index is 1.39. The molecule has 0 aliphatic heterocycles. The lowest BCUT2D eigenvalue weighted by molar-refractivity contribution is 1.17. The molecule has 0 saturated carbocycles. The van der Waals surface area contributed by atoms with Gasteiger partial charge < -0.3 is 9.13 Å². The third-order valence-electron chi connectivity index (χ3n) is 8.02. The Hall–Kier alpha value is -6.17. The van der Waals surface area contributed by atoms with Crippen LogP contribution in [0.2, 0.25) is 0 Å². The number of para-hydroxylation sites is 3. The fourth-order valence-electron chi connectivity index (χ4n) is 6.17. The monoisotopic (exact) mass is 535 g/mol. The van der Waals surface area contributed by atoms with Gasteiger partial charge in [-0.3, -0.25) is 4.98 Å². The van der Waals surface area contributed by atoms with Gasteiger partial charge in [0.15, 0.2) is 0 Å². The highest BCUT2D eigenvalue weighted by atomic mass is 15.0. The Labute approximate surface area is 241 Å². The quantitative estimate of drug-likeness (QED) is 0.227. The third-order valence-corrected chi connectivity index (χ3v) is 8.02. The maximum atomic E-state index is 9.67. The summed E-state index contributed by atoms with van der Waals surface area (Å²) in [6.45, 7) is 0. The van der Waals surface area contributed by atoms with E-state index in [1.54, 1.807) is 6.07 Å². The first-order chi connectivity index (χ1) is 20.7. The molecular formula is C37H21N5. The number of nitrogens with zero attached hydrogens (tertiary/aromatic N) is 5. The van der Waals surface area contributed by atoms with Gasteiger partial charge in [0.1, 0.15) is 12.1 Å². The summed E-state index contributed by atoms with van der Waals surface area (Å²) < 4.78 is 4.66. The maximum Gasteiger partial charge on any atom is 0.101 e. The summed E-state index contributed by atoms with van der Waals surface area (Å²) in [5.41, 5.74) is 8.90. The average molecular weight is 536 g/mol. The number of pyridine rings is 1. The molecule has 0 unspecified atom stereocenters. The van der Waals surface area contributed by atoms with Crippen molar-refractivity contribution < 1.29 is 0 Å². The van der Waals surface area contributed by atoms with E-state index in [4.69, 9.17) is 0 Å². The summed E-state index contributed by atoms with van der Waals surface area (Å²) in [6, 6.07) is 46.2. The van der Waals surface area contributed by atoms with E-state index in [-0.39, 0.29) is 0 Å². The Kier molecular flexibility index (Phi) is 5.19. The van der Waals surface area contributed by atoms with Crippen molar-refractivity contribution >= 4 is 43.6 Å². The van der Waals surface area contributed by atoms with Gasteiger partial charge in [-0.05, 0) is 54.6 Å². The number of fused-ring (bicyclic) bond motifs is 6. The summed E-state index contributed by atoms with van der Waals surface area (Å²) in [5, 5.41) is 23.7. The number of hydrogen-bond donors (Lipinski definition) is 0. The van der Waals surface area contributed by atoms with E-state index in [0.29, 0.717) is 16.8 Å². The Bertz CT molecular complexity index is 2410. The smallest absolute Gasteiger partial charge is 0.101 e. The van der Waals surface area contributed by atoms with Crippen LogP contribution in [0.3, 0.4) is 0 Å². The number of nitriles is 2. The van der Waals surface area contributed by atoms with Gasteiger partial charge in [0.2, 0.25) is 0 Å². The molecule has 194 valence electrons. The molecule has 0 amide bonds. The van der Waals surface area contributed by atoms with E-state index in [1.807, 2.05) is 18.2 Å². The van der Waals surface area contributed by atoms with Crippen molar-refractivity contribution in [2.24, 2.45) is 0 Å². The van der Waals surface area contributed by atoms with Gasteiger partial charge in [-0.15, -0.1) is 0 Å². The standard InChI is InChI=1S/C37H21N5/c38-21-24-18-26(22-39)37(40-23-24)25-14-16-28(17-15-25)42-34-13-7-5-11-30(34)32-19-35-31(20-36(32)42)29-10-4-6-12-33(29)41(35)27-8-2-1-3-9-27/h1-20,23H. The SMILES string of the molecule is N#Cc1cnc(-c2ccc(-n3c4ccccc4c4cc5c(cc43)c3ccccc3n5-c3ccccc3)cc2)c(C#N)c1. The van der Waals surface area contributed by atoms with Crippen molar-refractivity contribution in [2.45, 2.75) is 0 Å². The molecule has 0 aliphatic rings. The van der Waals surface area contributed by atoms with Crippen LogP contribution >= 0.6 is 0 Å². The number of aromatic nitrogens is 3. The van der Waals surface area contributed by atoms with Crippen LogP contribution in [-0.2, 0) is 0 Å². The Morgan fingerprint density at radius 2 is 1.05 bits per heavy atom. The van der Waals surface area contributed by atoms with Crippen LogP contribution in [-0.4, -0.2) is 14.1 Å². The Morgan fingerprint density at radius 1 is 0.500 bits per heavy atom. The van der Waals surface area contributed by atoms with Crippen molar-refractivity contribution in [2.75, 3.05) is 0 Å². The summed E-state index contributed by atoms with van der Waals surface area (Å²) in [5.74, 6) is 0. The van der Waals surface area contributed by atoms with Crippen LogP contribution < -0.4 is 0 Å². The van der Waals surface area contributed by atoms with Crippen molar-refractivity contribution in [3.05, 3.63) is 139 Å². The molecule has 5 heteroatoms. The molecule has 5 nitrogen and oxygen atoms in total. The van der Waals surface area contributed by atoms with E-state index in [2.05, 4.69) is 123 Å². The summed E-state index contributed by atoms with van der Waals surface area (Å²) in [6.07, 6.45) is 1.51. The van der Waals surface area contributed by atoms with Gasteiger partial charge in [0, 0.05) is 44.7 Å². The number of rotatable bonds is 3. The van der Waals surface area contributed by atoms with Crippen LogP contribution in [0.15, 0.2) is 128 Å². The molecule has 0 radical (unpaired) electrons. The molecule has 8 aromatic rings. The second-order valence-corrected chi connectivity index (χ2v) is 10.3. The van der Waals surface area contributed by atoms with Gasteiger partial charge in [-0.2, -0.15) is 10.5 Å². The van der Waals surface area contributed by atoms with Gasteiger partial charge in [-0.25, -0.2) is 0 Å². The number of benzene rings is 5. The molecule has 0 saturated heterocycles. The predicted molar refractivity (Wildman–Crippen MR) is 168 cm³/mol. The topological polar surface area (TPSA) is 70.3 Å². The first kappa shape index (κ1) is 23.7. The molecular weight excluding hydrogens is 514 g/mol. The van der Waals surface area contributed by atoms with Crippen LogP contribution in [0.25, 0.3) is 66.2 Å². The molecule has 3 heterocycles. The highest BCUT2D eigenvalue weighted by Crippen LogP contribution is 2.39. The van der Waals surface area contributed by atoms with Gasteiger partial charge >= 0.3 is 0 Å². The molecule has 3 aromatic heterocycles. The molecule has 8 rings (SSSR count). The zero-order chi connectivity index (χ0) is 28.2. The molecule has 0 fully saturated rings. The van der Waals surface area contributed by atoms with E-state index in [9.17, 15) is 10.5 Å². The zero-order valence-electron chi connectivity index (χ0n) is 22.4. The van der Waals surface area contributed by atoms with Crippen LogP contribution in [0.5, 0.6) is 0 Å². The van der Waals surface area contributed by atoms with Crippen molar-refractivity contribution in [1.29, 1.82) is 10.5 Å². The molecule has 0 aliphatic carbocycles. The molecule has 42 heavy (non-hydrogen) atoms. The lowest BCUT2D eigenvalue weighted by Gasteiger charge is -2.10. The molecule has 0 N–H and O–H groups in total. The maximum absolute atomic E-state index is 9.67. The fraction of sp³-hybridized carbons (Fsp3) is 0. The zero-order valence-corrected chi connectivity index (χ0v) is 22.4. The van der Waals surface area contributed by atoms with Crippen LogP contribution in [0.1, 0.15) is 11.1 Å². The van der Waals surface area contributed by atoms with E-state index >= 15 is 0 Å². The van der Waals surface area contributed by atoms with E-state index < -0.39 is 0 Å². The average Bonchev–Trinajstić information content (AvgIpc) is 3.56. The summed E-state index contributed by atoms with van der Waals surface area (Å²) in [7, 11) is 0. The van der Waals surface area contributed by atoms with Gasteiger partial charge in [-0.1, -0.05) is 66.7 Å². The van der Waals surface area contributed by atoms with E-state index in [1.165, 1.54) is 38.8 Å². The molecule has 0 bridgehead atoms. The normalized spacial score (nSPS) is 11.3. The lowest BCUT2D eigenvalue weighted by Crippen LogP contribution is -1.95. The first-order valence-corrected chi connectivity index (χ1v) is 13.7. The van der Waals surface area contributed by atoms with Crippen LogP contribution in [0.4, 0.5) is 0 Å². The minimum absolute atomic E-state index is 0.372.